The second-order valence-corrected chi connectivity index (χ2v) is 6.71. The molecule has 4 heterocycles. The number of pyridine rings is 1. The van der Waals surface area contributed by atoms with E-state index in [4.69, 9.17) is 13.9 Å². The lowest BCUT2D eigenvalue weighted by Gasteiger charge is -2.35. The molecule has 2 aliphatic rings. The third-order valence-electron chi connectivity index (χ3n) is 4.98. The maximum absolute atomic E-state index is 6.29. The molecule has 0 radical (unpaired) electrons. The highest BCUT2D eigenvalue weighted by atomic mass is 16.5. The second kappa shape index (κ2) is 6.95. The molecular weight excluding hydrogens is 304 g/mol. The first-order valence-corrected chi connectivity index (χ1v) is 8.75. The highest BCUT2D eigenvalue weighted by Crippen LogP contribution is 2.32. The van der Waals surface area contributed by atoms with Crippen molar-refractivity contribution in [3.8, 4) is 5.75 Å². The lowest BCUT2D eigenvalue weighted by atomic mass is 9.99. The zero-order chi connectivity index (χ0) is 16.4. The number of likely N-dealkylation sites (tertiary alicyclic amines) is 1. The number of rotatable bonds is 5. The Labute approximate surface area is 142 Å². The van der Waals surface area contributed by atoms with Gasteiger partial charge in [0.2, 0.25) is 0 Å². The molecule has 4 rings (SSSR count). The van der Waals surface area contributed by atoms with Crippen molar-refractivity contribution in [3.05, 3.63) is 48.2 Å². The molecule has 0 amide bonds. The summed E-state index contributed by atoms with van der Waals surface area (Å²) >= 11 is 0. The van der Waals surface area contributed by atoms with Gasteiger partial charge in [-0.1, -0.05) is 0 Å². The summed E-state index contributed by atoms with van der Waals surface area (Å²) in [5.41, 5.74) is 0. The minimum Gasteiger partial charge on any atom is -0.489 e. The largest absolute Gasteiger partial charge is 0.489 e. The molecule has 2 unspecified atom stereocenters. The van der Waals surface area contributed by atoms with Crippen LogP contribution in [0.25, 0.3) is 0 Å². The lowest BCUT2D eigenvalue weighted by molar-refractivity contribution is -0.0845. The van der Waals surface area contributed by atoms with Gasteiger partial charge in [-0.25, -0.2) is 0 Å². The Morgan fingerprint density at radius 3 is 3.00 bits per heavy atom. The third kappa shape index (κ3) is 3.47. The Kier molecular flexibility index (Phi) is 4.54. The molecular formula is C19H24N2O3. The first kappa shape index (κ1) is 15.7. The van der Waals surface area contributed by atoms with Crippen molar-refractivity contribution in [2.24, 2.45) is 0 Å². The van der Waals surface area contributed by atoms with Gasteiger partial charge in [0.25, 0.3) is 0 Å². The predicted octanol–water partition coefficient (Wildman–Crippen LogP) is 3.18. The van der Waals surface area contributed by atoms with E-state index in [1.54, 1.807) is 12.4 Å². The summed E-state index contributed by atoms with van der Waals surface area (Å²) in [6.45, 7) is 4.56. The van der Waals surface area contributed by atoms with Crippen LogP contribution in [0.1, 0.15) is 30.8 Å². The van der Waals surface area contributed by atoms with Gasteiger partial charge in [0.05, 0.1) is 24.9 Å². The zero-order valence-corrected chi connectivity index (χ0v) is 14.1. The van der Waals surface area contributed by atoms with E-state index in [9.17, 15) is 0 Å². The molecule has 0 spiro atoms. The summed E-state index contributed by atoms with van der Waals surface area (Å²) in [5.74, 6) is 2.84. The van der Waals surface area contributed by atoms with Crippen LogP contribution in [0.2, 0.25) is 0 Å². The Morgan fingerprint density at radius 1 is 1.25 bits per heavy atom. The Bertz CT molecular complexity index is 658. The third-order valence-corrected chi connectivity index (χ3v) is 4.98. The van der Waals surface area contributed by atoms with E-state index in [1.165, 1.54) is 0 Å². The minimum atomic E-state index is 0.178. The fourth-order valence-corrected chi connectivity index (χ4v) is 3.80. The molecule has 24 heavy (non-hydrogen) atoms. The molecule has 2 aromatic rings. The fourth-order valence-electron chi connectivity index (χ4n) is 3.80. The summed E-state index contributed by atoms with van der Waals surface area (Å²) in [6.07, 6.45) is 7.28. The SMILES string of the molecule is Cc1ccc(CN2CCC3O[C@@H](COc4cccnc4)CCC32)o1. The first-order valence-electron chi connectivity index (χ1n) is 8.75. The molecule has 2 aliphatic heterocycles. The van der Waals surface area contributed by atoms with Gasteiger partial charge < -0.3 is 13.9 Å². The fraction of sp³-hybridized carbons (Fsp3) is 0.526. The number of nitrogens with zero attached hydrogens (tertiary/aromatic N) is 2. The molecule has 5 heteroatoms. The molecule has 128 valence electrons. The van der Waals surface area contributed by atoms with E-state index < -0.39 is 0 Å². The average molecular weight is 328 g/mol. The van der Waals surface area contributed by atoms with Crippen molar-refractivity contribution in [2.75, 3.05) is 13.2 Å². The first-order chi connectivity index (χ1) is 11.8. The molecule has 2 aromatic heterocycles. The number of aryl methyl sites for hydroxylation is 1. The molecule has 0 N–H and O–H groups in total. The number of hydrogen-bond acceptors (Lipinski definition) is 5. The zero-order valence-electron chi connectivity index (χ0n) is 14.1. The van der Waals surface area contributed by atoms with Gasteiger partial charge in [0.1, 0.15) is 23.9 Å². The van der Waals surface area contributed by atoms with Crippen molar-refractivity contribution in [3.63, 3.8) is 0 Å². The number of furan rings is 1. The number of aromatic nitrogens is 1. The summed E-state index contributed by atoms with van der Waals surface area (Å²) in [4.78, 5) is 6.57. The van der Waals surface area contributed by atoms with Gasteiger partial charge in [-0.15, -0.1) is 0 Å². The molecule has 0 aromatic carbocycles. The molecule has 3 atom stereocenters. The van der Waals surface area contributed by atoms with E-state index in [-0.39, 0.29) is 6.10 Å². The monoisotopic (exact) mass is 328 g/mol. The van der Waals surface area contributed by atoms with Gasteiger partial charge in [-0.05, 0) is 50.5 Å². The van der Waals surface area contributed by atoms with Crippen molar-refractivity contribution in [1.82, 2.24) is 9.88 Å². The van der Waals surface area contributed by atoms with Crippen molar-refractivity contribution in [2.45, 2.75) is 51.0 Å². The van der Waals surface area contributed by atoms with Gasteiger partial charge in [0, 0.05) is 18.8 Å². The van der Waals surface area contributed by atoms with Gasteiger partial charge in [-0.2, -0.15) is 0 Å². The number of fused-ring (bicyclic) bond motifs is 1. The van der Waals surface area contributed by atoms with E-state index in [0.717, 1.165) is 49.6 Å². The topological polar surface area (TPSA) is 47.7 Å². The van der Waals surface area contributed by atoms with Crippen LogP contribution in [-0.4, -0.2) is 41.3 Å². The lowest BCUT2D eigenvalue weighted by Crippen LogP contribution is -2.43. The van der Waals surface area contributed by atoms with Gasteiger partial charge >= 0.3 is 0 Å². The van der Waals surface area contributed by atoms with E-state index in [0.29, 0.717) is 18.8 Å². The smallest absolute Gasteiger partial charge is 0.137 e. The van der Waals surface area contributed by atoms with Crippen LogP contribution >= 0.6 is 0 Å². The van der Waals surface area contributed by atoms with Crippen LogP contribution in [0.5, 0.6) is 5.75 Å². The standard InChI is InChI=1S/C19H24N2O3/c1-14-4-5-16(23-14)12-21-10-8-19-18(21)7-6-17(24-19)13-22-15-3-2-9-20-11-15/h2-5,9,11,17-19H,6-8,10,12-13H2,1H3/t17-,18?,19?/m1/s1. The van der Waals surface area contributed by atoms with E-state index >= 15 is 0 Å². The van der Waals surface area contributed by atoms with Crippen LogP contribution in [0.4, 0.5) is 0 Å². The van der Waals surface area contributed by atoms with Crippen molar-refractivity contribution >= 4 is 0 Å². The minimum absolute atomic E-state index is 0.178. The van der Waals surface area contributed by atoms with Crippen LogP contribution in [-0.2, 0) is 11.3 Å². The number of ether oxygens (including phenoxy) is 2. The van der Waals surface area contributed by atoms with Gasteiger partial charge in [0.15, 0.2) is 0 Å². The normalized spacial score (nSPS) is 27.1. The van der Waals surface area contributed by atoms with Crippen LogP contribution < -0.4 is 4.74 Å². The average Bonchev–Trinajstić information content (AvgIpc) is 3.20. The molecule has 0 aliphatic carbocycles. The second-order valence-electron chi connectivity index (χ2n) is 6.71. The molecule has 5 nitrogen and oxygen atoms in total. The predicted molar refractivity (Wildman–Crippen MR) is 89.9 cm³/mol. The summed E-state index contributed by atoms with van der Waals surface area (Å²) in [7, 11) is 0. The Hall–Kier alpha value is -1.85. The van der Waals surface area contributed by atoms with E-state index in [1.807, 2.05) is 25.1 Å². The van der Waals surface area contributed by atoms with E-state index in [2.05, 4.69) is 16.0 Å². The molecule has 2 saturated heterocycles. The maximum atomic E-state index is 6.29. The highest BCUT2D eigenvalue weighted by molar-refractivity contribution is 5.15. The van der Waals surface area contributed by atoms with Crippen LogP contribution in [0.15, 0.2) is 41.1 Å². The van der Waals surface area contributed by atoms with Crippen molar-refractivity contribution < 1.29 is 13.9 Å². The Balaban J connectivity index is 1.29. The Morgan fingerprint density at radius 2 is 2.21 bits per heavy atom. The van der Waals surface area contributed by atoms with Gasteiger partial charge in [-0.3, -0.25) is 9.88 Å². The maximum Gasteiger partial charge on any atom is 0.137 e. The quantitative estimate of drug-likeness (QED) is 0.843. The summed E-state index contributed by atoms with van der Waals surface area (Å²) < 4.78 is 17.8. The summed E-state index contributed by atoms with van der Waals surface area (Å²) in [6, 6.07) is 8.44. The molecule has 2 fully saturated rings. The van der Waals surface area contributed by atoms with Crippen molar-refractivity contribution in [1.29, 1.82) is 0 Å². The highest BCUT2D eigenvalue weighted by Gasteiger charge is 2.40. The molecule has 0 bridgehead atoms. The van der Waals surface area contributed by atoms with Crippen LogP contribution in [0, 0.1) is 6.92 Å². The summed E-state index contributed by atoms with van der Waals surface area (Å²) in [5, 5.41) is 0. The number of hydrogen-bond donors (Lipinski definition) is 0. The molecule has 0 saturated carbocycles. The van der Waals surface area contributed by atoms with Crippen LogP contribution in [0.3, 0.4) is 0 Å².